The zero-order chi connectivity index (χ0) is 21.2. The molecular weight excluding hydrogens is 432 g/mol. The topological polar surface area (TPSA) is 83.0 Å². The van der Waals surface area contributed by atoms with Crippen molar-refractivity contribution in [3.05, 3.63) is 81.5 Å². The molecule has 0 saturated carbocycles. The smallest absolute Gasteiger partial charge is 0.266 e. The Hall–Kier alpha value is -3.43. The van der Waals surface area contributed by atoms with Gasteiger partial charge in [-0.05, 0) is 35.7 Å². The molecule has 3 heterocycles. The molecule has 3 aromatic heterocycles. The third kappa shape index (κ3) is 3.85. The van der Waals surface area contributed by atoms with Crippen molar-refractivity contribution in [2.75, 3.05) is 7.11 Å². The van der Waals surface area contributed by atoms with Gasteiger partial charge < -0.3 is 9.26 Å². The molecule has 0 bridgehead atoms. The van der Waals surface area contributed by atoms with Crippen LogP contribution in [0.25, 0.3) is 28.0 Å². The Morgan fingerprint density at radius 1 is 1.13 bits per heavy atom. The van der Waals surface area contributed by atoms with E-state index in [1.54, 1.807) is 29.1 Å². The van der Waals surface area contributed by atoms with E-state index in [1.165, 1.54) is 11.8 Å². The van der Waals surface area contributed by atoms with E-state index in [2.05, 4.69) is 10.1 Å². The zero-order valence-corrected chi connectivity index (χ0v) is 18.0. The summed E-state index contributed by atoms with van der Waals surface area (Å²) in [7, 11) is 1.59. The Bertz CT molecular complexity index is 1410. The van der Waals surface area contributed by atoms with Crippen molar-refractivity contribution in [2.24, 2.45) is 0 Å². The fourth-order valence-electron chi connectivity index (χ4n) is 3.13. The molecule has 154 valence electrons. The first-order chi connectivity index (χ1) is 15.2. The molecule has 5 aromatic rings. The lowest BCUT2D eigenvalue weighted by molar-refractivity contribution is 0.414. The van der Waals surface area contributed by atoms with E-state index in [9.17, 15) is 4.79 Å². The third-order valence-corrected chi connectivity index (χ3v) is 6.24. The van der Waals surface area contributed by atoms with Crippen LogP contribution in [0.4, 0.5) is 0 Å². The Labute approximate surface area is 185 Å². The average molecular weight is 449 g/mol. The molecule has 0 fully saturated rings. The number of aromatic nitrogens is 4. The van der Waals surface area contributed by atoms with Gasteiger partial charge in [0, 0.05) is 11.4 Å². The first-order valence-corrected chi connectivity index (χ1v) is 11.3. The van der Waals surface area contributed by atoms with Crippen LogP contribution in [0.1, 0.15) is 5.82 Å². The quantitative estimate of drug-likeness (QED) is 0.273. The summed E-state index contributed by atoms with van der Waals surface area (Å²) in [5.74, 6) is 2.08. The monoisotopic (exact) mass is 448 g/mol. The Balaban J connectivity index is 1.55. The number of methoxy groups -OCH3 is 1. The largest absolute Gasteiger partial charge is 0.497 e. The molecule has 7 nitrogen and oxygen atoms in total. The van der Waals surface area contributed by atoms with Gasteiger partial charge >= 0.3 is 0 Å². The summed E-state index contributed by atoms with van der Waals surface area (Å²) in [6, 6.07) is 16.6. The molecule has 2 aromatic carbocycles. The standard InChI is InChI=1S/C22H16N4O3S2/c1-28-16-6-4-5-15(11-16)26-21(27)17-7-2-3-8-18(17)23-22(26)31-13-19-24-20(29-25-19)14-9-10-30-12-14/h2-12H,13H2,1H3. The van der Waals surface area contributed by atoms with Crippen LogP contribution in [-0.2, 0) is 5.75 Å². The van der Waals surface area contributed by atoms with Gasteiger partial charge in [0.2, 0.25) is 0 Å². The zero-order valence-electron chi connectivity index (χ0n) is 16.4. The number of thiophene rings is 1. The van der Waals surface area contributed by atoms with Gasteiger partial charge in [0.25, 0.3) is 11.4 Å². The fraction of sp³-hybridized carbons (Fsp3) is 0.0909. The van der Waals surface area contributed by atoms with E-state index in [0.717, 1.165) is 5.56 Å². The van der Waals surface area contributed by atoms with E-state index < -0.39 is 0 Å². The number of hydrogen-bond acceptors (Lipinski definition) is 8. The minimum atomic E-state index is -0.145. The van der Waals surface area contributed by atoms with Crippen molar-refractivity contribution in [2.45, 2.75) is 10.9 Å². The molecule has 9 heteroatoms. The number of para-hydroxylation sites is 1. The van der Waals surface area contributed by atoms with E-state index in [4.69, 9.17) is 14.2 Å². The van der Waals surface area contributed by atoms with Crippen molar-refractivity contribution >= 4 is 34.0 Å². The molecular formula is C22H16N4O3S2. The van der Waals surface area contributed by atoms with Gasteiger partial charge in [0.1, 0.15) is 5.75 Å². The highest BCUT2D eigenvalue weighted by atomic mass is 32.2. The van der Waals surface area contributed by atoms with Crippen LogP contribution in [0.3, 0.4) is 0 Å². The maximum absolute atomic E-state index is 13.3. The van der Waals surface area contributed by atoms with Crippen LogP contribution in [0.2, 0.25) is 0 Å². The lowest BCUT2D eigenvalue weighted by Crippen LogP contribution is -2.21. The van der Waals surface area contributed by atoms with Crippen LogP contribution < -0.4 is 10.3 Å². The highest BCUT2D eigenvalue weighted by molar-refractivity contribution is 7.98. The first kappa shape index (κ1) is 19.5. The van der Waals surface area contributed by atoms with E-state index in [0.29, 0.717) is 45.0 Å². The predicted molar refractivity (Wildman–Crippen MR) is 121 cm³/mol. The minimum Gasteiger partial charge on any atom is -0.497 e. The van der Waals surface area contributed by atoms with Crippen molar-refractivity contribution < 1.29 is 9.26 Å². The summed E-state index contributed by atoms with van der Waals surface area (Å²) in [6.45, 7) is 0. The second-order valence-electron chi connectivity index (χ2n) is 6.57. The highest BCUT2D eigenvalue weighted by Crippen LogP contribution is 2.27. The van der Waals surface area contributed by atoms with Gasteiger partial charge in [-0.2, -0.15) is 16.3 Å². The molecule has 0 aliphatic heterocycles. The molecule has 31 heavy (non-hydrogen) atoms. The SMILES string of the molecule is COc1cccc(-n2c(SCc3noc(-c4ccsc4)n3)nc3ccccc3c2=O)c1. The highest BCUT2D eigenvalue weighted by Gasteiger charge is 2.16. The van der Waals surface area contributed by atoms with Gasteiger partial charge in [0.05, 0.1) is 35.0 Å². The number of ether oxygens (including phenoxy) is 1. The normalized spacial score (nSPS) is 11.1. The summed E-state index contributed by atoms with van der Waals surface area (Å²) < 4.78 is 12.3. The third-order valence-electron chi connectivity index (χ3n) is 4.62. The molecule has 0 radical (unpaired) electrons. The molecule has 0 atom stereocenters. The Kier molecular flexibility index (Phi) is 5.27. The molecule has 0 saturated heterocycles. The molecule has 0 amide bonds. The van der Waals surface area contributed by atoms with E-state index in [-0.39, 0.29) is 5.56 Å². The Morgan fingerprint density at radius 2 is 2.03 bits per heavy atom. The summed E-state index contributed by atoms with van der Waals surface area (Å²) in [6.07, 6.45) is 0. The lowest BCUT2D eigenvalue weighted by Gasteiger charge is -2.13. The van der Waals surface area contributed by atoms with Crippen molar-refractivity contribution in [3.63, 3.8) is 0 Å². The first-order valence-electron chi connectivity index (χ1n) is 9.37. The second kappa shape index (κ2) is 8.37. The molecule has 0 aliphatic carbocycles. The number of benzene rings is 2. The molecule has 0 unspecified atom stereocenters. The van der Waals surface area contributed by atoms with Crippen molar-refractivity contribution in [1.82, 2.24) is 19.7 Å². The van der Waals surface area contributed by atoms with Crippen molar-refractivity contribution in [1.29, 1.82) is 0 Å². The lowest BCUT2D eigenvalue weighted by atomic mass is 10.2. The predicted octanol–water partition coefficient (Wildman–Crippen LogP) is 4.80. The van der Waals surface area contributed by atoms with Crippen LogP contribution in [0.5, 0.6) is 5.75 Å². The minimum absolute atomic E-state index is 0.145. The number of thioether (sulfide) groups is 1. The van der Waals surface area contributed by atoms with Gasteiger partial charge in [-0.3, -0.25) is 9.36 Å². The fourth-order valence-corrected chi connectivity index (χ4v) is 4.62. The molecule has 0 N–H and O–H groups in total. The number of nitrogens with zero attached hydrogens (tertiary/aromatic N) is 4. The summed E-state index contributed by atoms with van der Waals surface area (Å²) in [5.41, 5.74) is 2.07. The van der Waals surface area contributed by atoms with Crippen LogP contribution in [0, 0.1) is 0 Å². The molecule has 0 spiro atoms. The summed E-state index contributed by atoms with van der Waals surface area (Å²) >= 11 is 2.94. The van der Waals surface area contributed by atoms with Crippen LogP contribution in [0.15, 0.2) is 79.8 Å². The van der Waals surface area contributed by atoms with Crippen LogP contribution in [-0.4, -0.2) is 26.8 Å². The van der Waals surface area contributed by atoms with E-state index >= 15 is 0 Å². The number of hydrogen-bond donors (Lipinski definition) is 0. The van der Waals surface area contributed by atoms with Gasteiger partial charge in [0.15, 0.2) is 11.0 Å². The summed E-state index contributed by atoms with van der Waals surface area (Å²) in [5, 5.41) is 9.07. The van der Waals surface area contributed by atoms with Gasteiger partial charge in [-0.15, -0.1) is 0 Å². The Morgan fingerprint density at radius 3 is 2.87 bits per heavy atom. The van der Waals surface area contributed by atoms with E-state index in [1.807, 2.05) is 59.3 Å². The number of fused-ring (bicyclic) bond motifs is 1. The van der Waals surface area contributed by atoms with Crippen LogP contribution >= 0.6 is 23.1 Å². The average Bonchev–Trinajstić information content (AvgIpc) is 3.50. The van der Waals surface area contributed by atoms with Gasteiger partial charge in [-0.25, -0.2) is 4.98 Å². The van der Waals surface area contributed by atoms with Gasteiger partial charge in [-0.1, -0.05) is 35.1 Å². The second-order valence-corrected chi connectivity index (χ2v) is 8.29. The maximum atomic E-state index is 13.3. The summed E-state index contributed by atoms with van der Waals surface area (Å²) in [4.78, 5) is 22.5. The molecule has 0 aliphatic rings. The number of rotatable bonds is 6. The van der Waals surface area contributed by atoms with Crippen molar-refractivity contribution in [3.8, 4) is 22.9 Å². The molecule has 5 rings (SSSR count). The maximum Gasteiger partial charge on any atom is 0.266 e.